The first-order valence-corrected chi connectivity index (χ1v) is 9.05. The van der Waals surface area contributed by atoms with Crippen molar-refractivity contribution in [2.45, 2.75) is 37.8 Å². The fourth-order valence-corrected chi connectivity index (χ4v) is 3.50. The number of para-hydroxylation sites is 2. The summed E-state index contributed by atoms with van der Waals surface area (Å²) in [7, 11) is 0. The molecule has 0 bridgehead atoms. The summed E-state index contributed by atoms with van der Waals surface area (Å²) in [5.74, 6) is 0.972. The van der Waals surface area contributed by atoms with E-state index in [-0.39, 0.29) is 24.3 Å². The van der Waals surface area contributed by atoms with Crippen LogP contribution in [0.25, 0.3) is 0 Å². The van der Waals surface area contributed by atoms with E-state index in [0.717, 1.165) is 12.1 Å². The Hall–Kier alpha value is -2.82. The van der Waals surface area contributed by atoms with Crippen LogP contribution in [0.3, 0.4) is 0 Å². The quantitative estimate of drug-likeness (QED) is 0.902. The molecule has 1 saturated carbocycles. The summed E-state index contributed by atoms with van der Waals surface area (Å²) < 4.78 is 5.63. The molecule has 2 aromatic carbocycles. The number of carbonyl (C=O) groups excluding carboxylic acids is 2. The van der Waals surface area contributed by atoms with Crippen molar-refractivity contribution in [1.29, 1.82) is 0 Å². The number of rotatable bonds is 5. The van der Waals surface area contributed by atoms with Gasteiger partial charge in [0.2, 0.25) is 5.91 Å². The third kappa shape index (κ3) is 3.29. The van der Waals surface area contributed by atoms with E-state index in [1.165, 1.54) is 5.56 Å². The van der Waals surface area contributed by atoms with E-state index in [1.54, 1.807) is 11.8 Å². The molecule has 26 heavy (non-hydrogen) atoms. The number of nitrogens with one attached hydrogen (secondary N) is 1. The standard InChI is InChI=1S/C21H22N2O3/c1-14-21(25)23(18-9-5-6-10-19(18)26-14)12-11-20(24)22-17-13-16(17)15-7-3-2-4-8-15/h2-10,14,16-17H,11-13H2,1H3,(H,22,24)/t14-,16-,17+/m0/s1. The zero-order chi connectivity index (χ0) is 18.1. The molecule has 1 aliphatic carbocycles. The lowest BCUT2D eigenvalue weighted by Gasteiger charge is -2.32. The maximum absolute atomic E-state index is 12.4. The molecule has 0 aromatic heterocycles. The van der Waals surface area contributed by atoms with Crippen LogP contribution in [0.5, 0.6) is 5.75 Å². The third-order valence-corrected chi connectivity index (χ3v) is 5.00. The molecule has 4 rings (SSSR count). The van der Waals surface area contributed by atoms with E-state index in [4.69, 9.17) is 4.74 Å². The molecule has 1 fully saturated rings. The van der Waals surface area contributed by atoms with Gasteiger partial charge in [-0.3, -0.25) is 9.59 Å². The number of carbonyl (C=O) groups is 2. The number of anilines is 1. The molecule has 0 radical (unpaired) electrons. The summed E-state index contributed by atoms with van der Waals surface area (Å²) in [6.07, 6.45) is 0.732. The second-order valence-electron chi connectivity index (χ2n) is 6.89. The van der Waals surface area contributed by atoms with Crippen molar-refractivity contribution in [2.24, 2.45) is 0 Å². The van der Waals surface area contributed by atoms with Gasteiger partial charge in [0.05, 0.1) is 5.69 Å². The molecule has 0 spiro atoms. The maximum Gasteiger partial charge on any atom is 0.267 e. The van der Waals surface area contributed by atoms with Crippen molar-refractivity contribution >= 4 is 17.5 Å². The molecule has 5 nitrogen and oxygen atoms in total. The number of hydrogen-bond donors (Lipinski definition) is 1. The first-order valence-electron chi connectivity index (χ1n) is 9.05. The Balaban J connectivity index is 1.34. The topological polar surface area (TPSA) is 58.6 Å². The molecule has 2 aromatic rings. The Morgan fingerprint density at radius 1 is 1.15 bits per heavy atom. The van der Waals surface area contributed by atoms with E-state index in [1.807, 2.05) is 42.5 Å². The van der Waals surface area contributed by atoms with Crippen molar-refractivity contribution in [2.75, 3.05) is 11.4 Å². The van der Waals surface area contributed by atoms with Gasteiger partial charge in [0.1, 0.15) is 5.75 Å². The highest BCUT2D eigenvalue weighted by Gasteiger charge is 2.39. The van der Waals surface area contributed by atoms with Gasteiger partial charge in [0, 0.05) is 24.9 Å². The lowest BCUT2D eigenvalue weighted by atomic mass is 10.1. The number of fused-ring (bicyclic) bond motifs is 1. The van der Waals surface area contributed by atoms with Gasteiger partial charge in [-0.15, -0.1) is 0 Å². The minimum Gasteiger partial charge on any atom is -0.479 e. The molecule has 3 atom stereocenters. The molecule has 0 saturated heterocycles. The van der Waals surface area contributed by atoms with Crippen molar-refractivity contribution in [3.8, 4) is 5.75 Å². The fourth-order valence-electron chi connectivity index (χ4n) is 3.50. The normalized spacial score (nSPS) is 23.8. The van der Waals surface area contributed by atoms with Crippen molar-refractivity contribution in [3.05, 3.63) is 60.2 Å². The van der Waals surface area contributed by atoms with Gasteiger partial charge in [0.25, 0.3) is 5.91 Å². The molecule has 1 aliphatic heterocycles. The minimum absolute atomic E-state index is 0.0159. The number of benzene rings is 2. The molecule has 5 heteroatoms. The van der Waals surface area contributed by atoms with Crippen LogP contribution in [0.15, 0.2) is 54.6 Å². The average Bonchev–Trinajstić information content (AvgIpc) is 3.42. The Kier molecular flexibility index (Phi) is 4.37. The van der Waals surface area contributed by atoms with Gasteiger partial charge in [-0.2, -0.15) is 0 Å². The number of hydrogen-bond acceptors (Lipinski definition) is 3. The molecular weight excluding hydrogens is 328 g/mol. The van der Waals surface area contributed by atoms with Crippen LogP contribution in [0.1, 0.15) is 31.2 Å². The second-order valence-corrected chi connectivity index (χ2v) is 6.89. The third-order valence-electron chi connectivity index (χ3n) is 5.00. The van der Waals surface area contributed by atoms with Crippen molar-refractivity contribution < 1.29 is 14.3 Å². The molecule has 2 aliphatic rings. The van der Waals surface area contributed by atoms with Crippen LogP contribution in [-0.4, -0.2) is 30.5 Å². The van der Waals surface area contributed by atoms with Crippen LogP contribution < -0.4 is 15.0 Å². The molecule has 134 valence electrons. The fraction of sp³-hybridized carbons (Fsp3) is 0.333. The predicted molar refractivity (Wildman–Crippen MR) is 99.2 cm³/mol. The Morgan fingerprint density at radius 2 is 1.88 bits per heavy atom. The number of amides is 2. The van der Waals surface area contributed by atoms with E-state index in [2.05, 4.69) is 17.4 Å². The van der Waals surface area contributed by atoms with Crippen LogP contribution in [0.4, 0.5) is 5.69 Å². The summed E-state index contributed by atoms with van der Waals surface area (Å²) >= 11 is 0. The maximum atomic E-state index is 12.4. The highest BCUT2D eigenvalue weighted by Crippen LogP contribution is 2.40. The van der Waals surface area contributed by atoms with Gasteiger partial charge in [-0.05, 0) is 31.0 Å². The molecular formula is C21H22N2O3. The lowest BCUT2D eigenvalue weighted by Crippen LogP contribution is -2.45. The van der Waals surface area contributed by atoms with Crippen LogP contribution >= 0.6 is 0 Å². The summed E-state index contributed by atoms with van der Waals surface area (Å²) in [5, 5.41) is 3.08. The van der Waals surface area contributed by atoms with E-state index >= 15 is 0 Å². The number of nitrogens with zero attached hydrogens (tertiary/aromatic N) is 1. The molecule has 1 heterocycles. The first kappa shape index (κ1) is 16.6. The monoisotopic (exact) mass is 350 g/mol. The Labute approximate surface area is 153 Å². The smallest absolute Gasteiger partial charge is 0.267 e. The summed E-state index contributed by atoms with van der Waals surface area (Å²) in [5.41, 5.74) is 2.00. The van der Waals surface area contributed by atoms with Crippen molar-refractivity contribution in [3.63, 3.8) is 0 Å². The van der Waals surface area contributed by atoms with Gasteiger partial charge < -0.3 is 15.0 Å². The molecule has 0 unspecified atom stereocenters. The van der Waals surface area contributed by atoms with Gasteiger partial charge in [-0.25, -0.2) is 0 Å². The SMILES string of the molecule is C[C@@H]1Oc2ccccc2N(CCC(=O)N[C@@H]2C[C@H]2c2ccccc2)C1=O. The summed E-state index contributed by atoms with van der Waals surface area (Å²) in [6.45, 7) is 2.10. The van der Waals surface area contributed by atoms with Gasteiger partial charge >= 0.3 is 0 Å². The van der Waals surface area contributed by atoms with Crippen LogP contribution in [0, 0.1) is 0 Å². The molecule has 2 amide bonds. The minimum atomic E-state index is -0.529. The van der Waals surface area contributed by atoms with E-state index in [9.17, 15) is 9.59 Å². The average molecular weight is 350 g/mol. The van der Waals surface area contributed by atoms with E-state index < -0.39 is 6.10 Å². The number of ether oxygens (including phenoxy) is 1. The largest absolute Gasteiger partial charge is 0.479 e. The van der Waals surface area contributed by atoms with Crippen molar-refractivity contribution in [1.82, 2.24) is 5.32 Å². The summed E-state index contributed by atoms with van der Waals surface area (Å²) in [6, 6.07) is 17.9. The molecule has 1 N–H and O–H groups in total. The first-order chi connectivity index (χ1) is 12.6. The lowest BCUT2D eigenvalue weighted by molar-refractivity contribution is -0.125. The highest BCUT2D eigenvalue weighted by molar-refractivity contribution is 6.00. The van der Waals surface area contributed by atoms with Crippen LogP contribution in [0.2, 0.25) is 0 Å². The highest BCUT2D eigenvalue weighted by atomic mass is 16.5. The zero-order valence-electron chi connectivity index (χ0n) is 14.7. The second kappa shape index (κ2) is 6.83. The zero-order valence-corrected chi connectivity index (χ0v) is 14.7. The van der Waals surface area contributed by atoms with Crippen LogP contribution in [-0.2, 0) is 9.59 Å². The Morgan fingerprint density at radius 3 is 2.69 bits per heavy atom. The predicted octanol–water partition coefficient (Wildman–Crippen LogP) is 2.86. The van der Waals surface area contributed by atoms with Gasteiger partial charge in [0.15, 0.2) is 6.10 Å². The van der Waals surface area contributed by atoms with E-state index in [0.29, 0.717) is 18.2 Å². The Bertz CT molecular complexity index is 821. The van der Waals surface area contributed by atoms with Gasteiger partial charge in [-0.1, -0.05) is 42.5 Å². The summed E-state index contributed by atoms with van der Waals surface area (Å²) in [4.78, 5) is 26.4.